The third-order valence-corrected chi connectivity index (χ3v) is 1.23. The van der Waals surface area contributed by atoms with Crippen LogP contribution in [-0.2, 0) is 4.79 Å². The number of aromatic hydroxyl groups is 3. The maximum absolute atomic E-state index is 9.83. The number of benzene rings is 1. The highest BCUT2D eigenvalue weighted by molar-refractivity contribution is 5.56. The molecule has 0 saturated carbocycles. The van der Waals surface area contributed by atoms with Crippen molar-refractivity contribution in [3.63, 3.8) is 0 Å². The van der Waals surface area contributed by atoms with Gasteiger partial charge in [-0.15, -0.1) is 0 Å². The molecular formula is C7H6O5. The number of ether oxygens (including phenoxy) is 1. The van der Waals surface area contributed by atoms with E-state index < -0.39 is 17.2 Å². The van der Waals surface area contributed by atoms with Crippen molar-refractivity contribution in [1.82, 2.24) is 0 Å². The van der Waals surface area contributed by atoms with Crippen LogP contribution in [-0.4, -0.2) is 21.8 Å². The molecule has 0 aliphatic rings. The normalized spacial score (nSPS) is 9.33. The highest BCUT2D eigenvalue weighted by Crippen LogP contribution is 2.37. The van der Waals surface area contributed by atoms with Crippen LogP contribution >= 0.6 is 0 Å². The van der Waals surface area contributed by atoms with Crippen molar-refractivity contribution in [3.05, 3.63) is 12.1 Å². The van der Waals surface area contributed by atoms with E-state index in [2.05, 4.69) is 4.74 Å². The minimum absolute atomic E-state index is 0.0437. The highest BCUT2D eigenvalue weighted by atomic mass is 16.5. The molecule has 0 saturated heterocycles. The van der Waals surface area contributed by atoms with Gasteiger partial charge in [-0.3, -0.25) is 4.79 Å². The topological polar surface area (TPSA) is 87.0 Å². The molecular weight excluding hydrogens is 164 g/mol. The molecule has 3 N–H and O–H groups in total. The first-order valence-electron chi connectivity index (χ1n) is 3.00. The summed E-state index contributed by atoms with van der Waals surface area (Å²) in [7, 11) is 0. The van der Waals surface area contributed by atoms with Gasteiger partial charge in [-0.1, -0.05) is 0 Å². The molecule has 0 bridgehead atoms. The van der Waals surface area contributed by atoms with E-state index in [1.807, 2.05) is 0 Å². The molecule has 0 aromatic heterocycles. The summed E-state index contributed by atoms with van der Waals surface area (Å²) in [5.74, 6) is -1.79. The molecule has 12 heavy (non-hydrogen) atoms. The molecule has 5 nitrogen and oxygen atoms in total. The Balaban J connectivity index is 3.11. The van der Waals surface area contributed by atoms with E-state index >= 15 is 0 Å². The molecule has 0 radical (unpaired) electrons. The lowest BCUT2D eigenvalue weighted by Crippen LogP contribution is -1.87. The number of rotatable bonds is 2. The quantitative estimate of drug-likeness (QED) is 0.440. The maximum Gasteiger partial charge on any atom is 0.298 e. The number of phenolic OH excluding ortho intramolecular Hbond substituents is 3. The van der Waals surface area contributed by atoms with Gasteiger partial charge in [0, 0.05) is 12.1 Å². The lowest BCUT2D eigenvalue weighted by molar-refractivity contribution is -0.120. The molecule has 1 rings (SSSR count). The maximum atomic E-state index is 9.83. The van der Waals surface area contributed by atoms with Crippen LogP contribution in [0.15, 0.2) is 12.1 Å². The van der Waals surface area contributed by atoms with Crippen molar-refractivity contribution in [2.24, 2.45) is 0 Å². The zero-order chi connectivity index (χ0) is 9.14. The van der Waals surface area contributed by atoms with Crippen molar-refractivity contribution in [3.8, 4) is 23.0 Å². The average Bonchev–Trinajstić information content (AvgIpc) is 2.01. The second-order valence-corrected chi connectivity index (χ2v) is 2.02. The third kappa shape index (κ3) is 1.39. The van der Waals surface area contributed by atoms with Crippen molar-refractivity contribution >= 4 is 6.47 Å². The Bertz CT molecular complexity index is 284. The summed E-state index contributed by atoms with van der Waals surface area (Å²) in [6.45, 7) is 0.144. The van der Waals surface area contributed by atoms with Crippen LogP contribution in [0.3, 0.4) is 0 Å². The first-order chi connectivity index (χ1) is 5.65. The molecule has 0 aliphatic carbocycles. The van der Waals surface area contributed by atoms with Gasteiger partial charge in [0.25, 0.3) is 6.47 Å². The first kappa shape index (κ1) is 8.19. The summed E-state index contributed by atoms with van der Waals surface area (Å²) >= 11 is 0. The Morgan fingerprint density at radius 3 is 2.08 bits per heavy atom. The van der Waals surface area contributed by atoms with E-state index in [0.29, 0.717) is 0 Å². The highest BCUT2D eigenvalue weighted by Gasteiger charge is 2.08. The van der Waals surface area contributed by atoms with Crippen molar-refractivity contribution in [2.45, 2.75) is 0 Å². The molecule has 0 atom stereocenters. The Morgan fingerprint density at radius 1 is 1.17 bits per heavy atom. The molecule has 0 spiro atoms. The molecule has 0 amide bonds. The second kappa shape index (κ2) is 3.00. The molecule has 1 aromatic carbocycles. The molecule has 0 aliphatic heterocycles. The monoisotopic (exact) mass is 170 g/mol. The second-order valence-electron chi connectivity index (χ2n) is 2.02. The van der Waals surface area contributed by atoms with E-state index in [-0.39, 0.29) is 12.2 Å². The molecule has 5 heteroatoms. The van der Waals surface area contributed by atoms with Gasteiger partial charge in [0.1, 0.15) is 5.75 Å². The van der Waals surface area contributed by atoms with Crippen molar-refractivity contribution < 1.29 is 24.9 Å². The van der Waals surface area contributed by atoms with Crippen LogP contribution in [0.2, 0.25) is 0 Å². The Morgan fingerprint density at radius 2 is 1.67 bits per heavy atom. The van der Waals surface area contributed by atoms with Gasteiger partial charge in [0.05, 0.1) is 0 Å². The molecule has 0 fully saturated rings. The van der Waals surface area contributed by atoms with Crippen LogP contribution in [0, 0.1) is 0 Å². The van der Waals surface area contributed by atoms with E-state index in [4.69, 9.17) is 15.3 Å². The number of phenols is 3. The van der Waals surface area contributed by atoms with Gasteiger partial charge in [-0.05, 0) is 0 Å². The Hall–Kier alpha value is -1.91. The van der Waals surface area contributed by atoms with Crippen LogP contribution in [0.25, 0.3) is 0 Å². The molecule has 1 aromatic rings. The number of hydrogen-bond donors (Lipinski definition) is 3. The summed E-state index contributed by atoms with van der Waals surface area (Å²) < 4.78 is 4.31. The average molecular weight is 170 g/mol. The lowest BCUT2D eigenvalue weighted by atomic mass is 10.3. The van der Waals surface area contributed by atoms with Crippen molar-refractivity contribution in [2.75, 3.05) is 0 Å². The van der Waals surface area contributed by atoms with E-state index in [1.54, 1.807) is 0 Å². The van der Waals surface area contributed by atoms with Crippen LogP contribution in [0.1, 0.15) is 0 Å². The summed E-state index contributed by atoms with van der Waals surface area (Å²) in [6.07, 6.45) is 0. The smallest absolute Gasteiger partial charge is 0.298 e. The van der Waals surface area contributed by atoms with Gasteiger partial charge in [-0.2, -0.15) is 0 Å². The van der Waals surface area contributed by atoms with E-state index in [9.17, 15) is 4.79 Å². The Labute approximate surface area is 67.5 Å². The predicted molar refractivity (Wildman–Crippen MR) is 38.1 cm³/mol. The first-order valence-corrected chi connectivity index (χ1v) is 3.00. The van der Waals surface area contributed by atoms with Gasteiger partial charge in [0.15, 0.2) is 11.5 Å². The number of carbonyl (C=O) groups is 1. The van der Waals surface area contributed by atoms with Gasteiger partial charge >= 0.3 is 0 Å². The van der Waals surface area contributed by atoms with Gasteiger partial charge in [0.2, 0.25) is 5.75 Å². The third-order valence-electron chi connectivity index (χ3n) is 1.23. The van der Waals surface area contributed by atoms with E-state index in [1.165, 1.54) is 0 Å². The van der Waals surface area contributed by atoms with Crippen LogP contribution < -0.4 is 4.74 Å². The minimum Gasteiger partial charge on any atom is -0.504 e. The van der Waals surface area contributed by atoms with Crippen molar-refractivity contribution in [1.29, 1.82) is 0 Å². The molecule has 0 unspecified atom stereocenters. The zero-order valence-electron chi connectivity index (χ0n) is 5.89. The fourth-order valence-corrected chi connectivity index (χ4v) is 0.703. The SMILES string of the molecule is O=COc1cc(O)c(O)c(O)c1. The van der Waals surface area contributed by atoms with Gasteiger partial charge < -0.3 is 20.1 Å². The standard InChI is InChI=1S/C7H6O5/c8-3-12-4-1-5(9)7(11)6(10)2-4/h1-3,9-11H. The predicted octanol–water partition coefficient (Wildman–Crippen LogP) is 0.339. The fourth-order valence-electron chi connectivity index (χ4n) is 0.703. The number of hydrogen-bond acceptors (Lipinski definition) is 5. The van der Waals surface area contributed by atoms with Crippen LogP contribution in [0.4, 0.5) is 0 Å². The summed E-state index contributed by atoms with van der Waals surface area (Å²) in [4.78, 5) is 9.83. The Kier molecular flexibility index (Phi) is 2.05. The van der Waals surface area contributed by atoms with Gasteiger partial charge in [-0.25, -0.2) is 0 Å². The van der Waals surface area contributed by atoms with E-state index in [0.717, 1.165) is 12.1 Å². The summed E-state index contributed by atoms with van der Waals surface area (Å²) in [5.41, 5.74) is 0. The zero-order valence-corrected chi connectivity index (χ0v) is 5.89. The van der Waals surface area contributed by atoms with Crippen LogP contribution in [0.5, 0.6) is 23.0 Å². The largest absolute Gasteiger partial charge is 0.504 e. The summed E-state index contributed by atoms with van der Waals surface area (Å²) in [5, 5.41) is 26.7. The lowest BCUT2D eigenvalue weighted by Gasteiger charge is -2.02. The minimum atomic E-state index is -0.645. The summed E-state index contributed by atoms with van der Waals surface area (Å²) in [6, 6.07) is 2.01. The molecule has 0 heterocycles. The number of carbonyl (C=O) groups excluding carboxylic acids is 1. The fraction of sp³-hybridized carbons (Fsp3) is 0. The molecule has 64 valence electrons.